The number of carbonyl (C=O) groups excluding carboxylic acids is 2. The zero-order valence-corrected chi connectivity index (χ0v) is 20.7. The van der Waals surface area contributed by atoms with Gasteiger partial charge in [0.2, 0.25) is 11.6 Å². The molecule has 1 aromatic carbocycles. The average Bonchev–Trinajstić information content (AvgIpc) is 2.77. The number of carboxylic acid groups (broad SMARTS) is 1. The molecule has 0 spiro atoms. The molecule has 188 valence electrons. The van der Waals surface area contributed by atoms with Gasteiger partial charge in [0.05, 0.1) is 10.0 Å². The summed E-state index contributed by atoms with van der Waals surface area (Å²) in [5.41, 5.74) is 9.31. The average molecular weight is 515 g/mol. The van der Waals surface area contributed by atoms with Gasteiger partial charge in [-0.3, -0.25) is 15.1 Å². The predicted octanol–water partition coefficient (Wildman–Crippen LogP) is 2.81. The lowest BCUT2D eigenvalue weighted by molar-refractivity contribution is -0.158. The fourth-order valence-corrected chi connectivity index (χ4v) is 4.39. The third-order valence-electron chi connectivity index (χ3n) is 5.75. The minimum atomic E-state index is -2.05. The molecular formula is C22H32Cl2N6O4. The summed E-state index contributed by atoms with van der Waals surface area (Å²) in [6, 6.07) is 3.97. The lowest BCUT2D eigenvalue weighted by Crippen LogP contribution is -2.69. The molecule has 1 aliphatic rings. The number of hydrogen-bond acceptors (Lipinski definition) is 5. The van der Waals surface area contributed by atoms with Gasteiger partial charge in [-0.1, -0.05) is 48.5 Å². The smallest absolute Gasteiger partial charge is 0.345 e. The molecule has 0 heterocycles. The number of nitrogens with zero attached hydrogens (tertiary/aromatic N) is 2. The molecule has 0 aliphatic heterocycles. The van der Waals surface area contributed by atoms with Crippen LogP contribution in [-0.4, -0.2) is 52.1 Å². The highest BCUT2D eigenvalue weighted by atomic mass is 35.5. The highest BCUT2D eigenvalue weighted by molar-refractivity contribution is 6.42. The number of aliphatic carboxylic acids is 1. The number of carboxylic acids is 1. The first-order valence-corrected chi connectivity index (χ1v) is 11.9. The molecular weight excluding hydrogens is 483 g/mol. The molecule has 0 radical (unpaired) electrons. The summed E-state index contributed by atoms with van der Waals surface area (Å²) in [7, 11) is 0. The van der Waals surface area contributed by atoms with Gasteiger partial charge >= 0.3 is 12.0 Å². The summed E-state index contributed by atoms with van der Waals surface area (Å²) in [5.74, 6) is -2.23. The van der Waals surface area contributed by atoms with Crippen molar-refractivity contribution in [3.8, 4) is 0 Å². The Kier molecular flexibility index (Phi) is 10.4. The molecule has 1 fully saturated rings. The predicted molar refractivity (Wildman–Crippen MR) is 132 cm³/mol. The first-order valence-electron chi connectivity index (χ1n) is 11.2. The number of carbonyl (C=O) groups is 3. The van der Waals surface area contributed by atoms with E-state index in [2.05, 4.69) is 15.6 Å². The fraction of sp³-hybridized carbons (Fsp3) is 0.545. The number of amides is 3. The number of imide groups is 1. The Morgan fingerprint density at radius 3 is 2.41 bits per heavy atom. The molecule has 1 aromatic rings. The number of benzene rings is 1. The van der Waals surface area contributed by atoms with Crippen LogP contribution in [0.1, 0.15) is 57.4 Å². The van der Waals surface area contributed by atoms with Crippen molar-refractivity contribution in [3.63, 3.8) is 0 Å². The maximum absolute atomic E-state index is 13.2. The summed E-state index contributed by atoms with van der Waals surface area (Å²) >= 11 is 12.1. The van der Waals surface area contributed by atoms with Crippen molar-refractivity contribution in [1.29, 1.82) is 0 Å². The van der Waals surface area contributed by atoms with E-state index in [9.17, 15) is 19.5 Å². The van der Waals surface area contributed by atoms with Gasteiger partial charge in [-0.05, 0) is 43.4 Å². The third kappa shape index (κ3) is 7.48. The normalized spacial score (nSPS) is 15.7. The van der Waals surface area contributed by atoms with Crippen molar-refractivity contribution < 1.29 is 19.5 Å². The van der Waals surface area contributed by atoms with Gasteiger partial charge in [0.25, 0.3) is 0 Å². The van der Waals surface area contributed by atoms with Crippen molar-refractivity contribution in [2.45, 2.75) is 70.1 Å². The van der Waals surface area contributed by atoms with Crippen molar-refractivity contribution >= 4 is 47.1 Å². The Bertz CT molecular complexity index is 919. The Balaban J connectivity index is 2.36. The highest BCUT2D eigenvalue weighted by Gasteiger charge is 2.49. The van der Waals surface area contributed by atoms with E-state index < -0.39 is 23.6 Å². The van der Waals surface area contributed by atoms with Gasteiger partial charge in [0.1, 0.15) is 0 Å². The minimum Gasteiger partial charge on any atom is -0.478 e. The Morgan fingerprint density at radius 1 is 1.18 bits per heavy atom. The van der Waals surface area contributed by atoms with Crippen LogP contribution in [-0.2, 0) is 16.1 Å². The summed E-state index contributed by atoms with van der Waals surface area (Å²) in [6.07, 6.45) is 4.62. The number of nitrogens with one attached hydrogen (secondary N) is 2. The first kappa shape index (κ1) is 27.7. The molecule has 34 heavy (non-hydrogen) atoms. The van der Waals surface area contributed by atoms with E-state index in [4.69, 9.17) is 34.7 Å². The van der Waals surface area contributed by atoms with Gasteiger partial charge in [-0.2, -0.15) is 0 Å². The second kappa shape index (κ2) is 12.8. The number of guanidine groups is 1. The summed E-state index contributed by atoms with van der Waals surface area (Å²) in [5, 5.41) is 16.7. The molecule has 7 N–H and O–H groups in total. The monoisotopic (exact) mass is 514 g/mol. The SMILES string of the molecule is CC(=O)N(C(=O)NC1CCCCC1)[C@](CCCN=C(N)N)(NCc1ccc(Cl)c(Cl)c1)C(=O)O. The van der Waals surface area contributed by atoms with Gasteiger partial charge in [0.15, 0.2) is 5.96 Å². The topological polar surface area (TPSA) is 163 Å². The van der Waals surface area contributed by atoms with Crippen molar-refractivity contribution in [2.75, 3.05) is 6.54 Å². The van der Waals surface area contributed by atoms with Gasteiger partial charge < -0.3 is 21.9 Å². The third-order valence-corrected chi connectivity index (χ3v) is 6.49. The van der Waals surface area contributed by atoms with Crippen molar-refractivity contribution in [3.05, 3.63) is 33.8 Å². The molecule has 12 heteroatoms. The van der Waals surface area contributed by atoms with E-state index in [1.54, 1.807) is 18.2 Å². The van der Waals surface area contributed by atoms with Crippen LogP contribution in [0.15, 0.2) is 23.2 Å². The van der Waals surface area contributed by atoms with Crippen molar-refractivity contribution in [2.24, 2.45) is 16.5 Å². The molecule has 0 bridgehead atoms. The van der Waals surface area contributed by atoms with Crippen LogP contribution >= 0.6 is 23.2 Å². The second-order valence-electron chi connectivity index (χ2n) is 8.32. The number of halogens is 2. The largest absolute Gasteiger partial charge is 0.478 e. The molecule has 0 saturated heterocycles. The molecule has 1 saturated carbocycles. The molecule has 1 aliphatic carbocycles. The number of nitrogens with two attached hydrogens (primary N) is 2. The molecule has 1 atom stereocenters. The molecule has 3 amide bonds. The lowest BCUT2D eigenvalue weighted by atomic mass is 9.95. The van der Waals surface area contributed by atoms with Gasteiger partial charge in [0, 0.05) is 26.1 Å². The quantitative estimate of drug-likeness (QED) is 0.138. The fourth-order valence-electron chi connectivity index (χ4n) is 4.07. The highest BCUT2D eigenvalue weighted by Crippen LogP contribution is 2.26. The standard InChI is InChI=1S/C22H32Cl2N6O4/c1-14(31)30(21(34)29-16-6-3-2-4-7-16)22(19(32)33,10-5-11-27-20(25)26)28-13-15-8-9-17(23)18(24)12-15/h8-9,12,16,28H,2-7,10-11,13H2,1H3,(H,29,34)(H,32,33)(H4,25,26,27)/t22-/m0/s1. The van der Waals surface area contributed by atoms with E-state index in [0.717, 1.165) is 43.9 Å². The zero-order chi connectivity index (χ0) is 25.3. The molecule has 10 nitrogen and oxygen atoms in total. The van der Waals surface area contributed by atoms with Crippen LogP contribution in [0.5, 0.6) is 0 Å². The summed E-state index contributed by atoms with van der Waals surface area (Å²) in [6.45, 7) is 1.29. The summed E-state index contributed by atoms with van der Waals surface area (Å²) in [4.78, 5) is 43.2. The lowest BCUT2D eigenvalue weighted by Gasteiger charge is -2.40. The van der Waals surface area contributed by atoms with Crippen LogP contribution in [0.2, 0.25) is 10.0 Å². The maximum Gasteiger partial charge on any atom is 0.345 e. The van der Waals surface area contributed by atoms with Crippen LogP contribution in [0, 0.1) is 0 Å². The maximum atomic E-state index is 13.2. The van der Waals surface area contributed by atoms with E-state index in [0.29, 0.717) is 15.6 Å². The Morgan fingerprint density at radius 2 is 1.85 bits per heavy atom. The molecule has 0 unspecified atom stereocenters. The molecule has 2 rings (SSSR count). The van der Waals surface area contributed by atoms with Crippen molar-refractivity contribution in [1.82, 2.24) is 15.5 Å². The van der Waals surface area contributed by atoms with Crippen LogP contribution in [0.25, 0.3) is 0 Å². The number of rotatable bonds is 10. The Labute approximate surface area is 209 Å². The van der Waals surface area contributed by atoms with Gasteiger partial charge in [-0.25, -0.2) is 14.5 Å². The zero-order valence-electron chi connectivity index (χ0n) is 19.2. The van der Waals surface area contributed by atoms with E-state index in [1.165, 1.54) is 0 Å². The Hall–Kier alpha value is -2.56. The van der Waals surface area contributed by atoms with E-state index in [-0.39, 0.29) is 37.9 Å². The van der Waals surface area contributed by atoms with E-state index >= 15 is 0 Å². The molecule has 0 aromatic heterocycles. The first-order chi connectivity index (χ1) is 16.1. The van der Waals surface area contributed by atoms with Gasteiger partial charge in [-0.15, -0.1) is 0 Å². The second-order valence-corrected chi connectivity index (χ2v) is 9.13. The summed E-state index contributed by atoms with van der Waals surface area (Å²) < 4.78 is 0. The number of aliphatic imine (C=N–C) groups is 1. The van der Waals surface area contributed by atoms with Crippen LogP contribution in [0.4, 0.5) is 4.79 Å². The van der Waals surface area contributed by atoms with Crippen LogP contribution < -0.4 is 22.1 Å². The number of hydrogen-bond donors (Lipinski definition) is 5. The van der Waals surface area contributed by atoms with Crippen LogP contribution in [0.3, 0.4) is 0 Å². The minimum absolute atomic E-state index is 0.00593. The number of urea groups is 1. The van der Waals surface area contributed by atoms with E-state index in [1.807, 2.05) is 0 Å².